The molecule has 3 aliphatic rings. The number of rotatable bonds is 1. The lowest BCUT2D eigenvalue weighted by Crippen LogP contribution is -2.62. The van der Waals surface area contributed by atoms with E-state index < -0.39 is 16.7 Å². The lowest BCUT2D eigenvalue weighted by Gasteiger charge is -2.50. The van der Waals surface area contributed by atoms with E-state index >= 15 is 0 Å². The van der Waals surface area contributed by atoms with E-state index in [9.17, 15) is 14.7 Å². The molecular formula is C24H21N3O3. The summed E-state index contributed by atoms with van der Waals surface area (Å²) in [5, 5.41) is 12.7. The molecule has 0 saturated heterocycles. The van der Waals surface area contributed by atoms with Crippen molar-refractivity contribution in [2.75, 3.05) is 18.7 Å². The van der Waals surface area contributed by atoms with Crippen LogP contribution >= 0.6 is 0 Å². The van der Waals surface area contributed by atoms with Crippen LogP contribution in [-0.2, 0) is 18.4 Å². The van der Waals surface area contributed by atoms with Crippen molar-refractivity contribution in [1.29, 1.82) is 0 Å². The van der Waals surface area contributed by atoms with Gasteiger partial charge in [0.25, 0.3) is 5.91 Å². The van der Waals surface area contributed by atoms with E-state index in [2.05, 4.69) is 53.5 Å². The van der Waals surface area contributed by atoms with Crippen LogP contribution in [0, 0.1) is 5.92 Å². The molecule has 1 N–H and O–H groups in total. The Morgan fingerprint density at radius 2 is 1.53 bits per heavy atom. The summed E-state index contributed by atoms with van der Waals surface area (Å²) in [7, 11) is 1.71. The van der Waals surface area contributed by atoms with Crippen LogP contribution < -0.4 is 10.4 Å². The Balaban J connectivity index is 1.70. The van der Waals surface area contributed by atoms with Crippen LogP contribution in [0.15, 0.2) is 65.6 Å². The zero-order chi connectivity index (χ0) is 20.6. The molecule has 0 spiro atoms. The first kappa shape index (κ1) is 17.3. The molecule has 6 nitrogen and oxygen atoms in total. The zero-order valence-electron chi connectivity index (χ0n) is 16.6. The number of aromatic nitrogens is 1. The Morgan fingerprint density at radius 1 is 0.933 bits per heavy atom. The van der Waals surface area contributed by atoms with Crippen molar-refractivity contribution in [2.45, 2.75) is 18.4 Å². The third kappa shape index (κ3) is 1.93. The van der Waals surface area contributed by atoms with Gasteiger partial charge in [0.05, 0.1) is 0 Å². The normalized spacial score (nSPS) is 23.8. The fraction of sp³-hybridized carbons (Fsp3) is 0.250. The van der Waals surface area contributed by atoms with E-state index in [1.807, 2.05) is 0 Å². The van der Waals surface area contributed by atoms with Crippen LogP contribution in [0.1, 0.15) is 32.7 Å². The summed E-state index contributed by atoms with van der Waals surface area (Å²) in [4.78, 5) is 26.6. The number of fused-ring (bicyclic) bond motifs is 6. The molecular weight excluding hydrogens is 378 g/mol. The molecule has 1 amide bonds. The number of carbonyl (C=O) groups is 1. The Morgan fingerprint density at radius 3 is 2.17 bits per heavy atom. The van der Waals surface area contributed by atoms with Crippen molar-refractivity contribution in [2.24, 2.45) is 5.92 Å². The van der Waals surface area contributed by atoms with Gasteiger partial charge in [-0.15, -0.1) is 0 Å². The maximum atomic E-state index is 12.9. The summed E-state index contributed by atoms with van der Waals surface area (Å²) >= 11 is 0. The van der Waals surface area contributed by atoms with Crippen LogP contribution in [0.25, 0.3) is 0 Å². The lowest BCUT2D eigenvalue weighted by molar-refractivity contribution is 0.0697. The molecule has 0 saturated carbocycles. The predicted molar refractivity (Wildman–Crippen MR) is 112 cm³/mol. The van der Waals surface area contributed by atoms with Gasteiger partial charge in [-0.2, -0.15) is 0 Å². The van der Waals surface area contributed by atoms with Crippen molar-refractivity contribution >= 4 is 5.91 Å². The van der Waals surface area contributed by atoms with Gasteiger partial charge in [0.1, 0.15) is 12.2 Å². The standard InChI is InChI=1S/C24H21N3O3/c1-25-14-27(26-11-10-20(28)22(29)21(26)23(25)30)24-17(12-15-6-2-4-8-18(15)24)13-16-7-3-5-9-19(16)24/h2-11,17,29H,12-14H2,1H3. The molecule has 2 aromatic carbocycles. The highest BCUT2D eigenvalue weighted by Crippen LogP contribution is 2.56. The molecule has 150 valence electrons. The minimum atomic E-state index is -0.544. The van der Waals surface area contributed by atoms with Gasteiger partial charge in [-0.1, -0.05) is 48.5 Å². The molecule has 2 aliphatic carbocycles. The Kier molecular flexibility index (Phi) is 3.32. The van der Waals surface area contributed by atoms with E-state index in [1.54, 1.807) is 22.8 Å². The molecule has 0 unspecified atom stereocenters. The maximum Gasteiger partial charge on any atom is 0.277 e. The topological polar surface area (TPSA) is 65.8 Å². The van der Waals surface area contributed by atoms with Gasteiger partial charge in [-0.3, -0.25) is 19.3 Å². The molecule has 2 heterocycles. The largest absolute Gasteiger partial charge is 0.502 e. The van der Waals surface area contributed by atoms with Crippen LogP contribution in [0.2, 0.25) is 0 Å². The van der Waals surface area contributed by atoms with Gasteiger partial charge in [-0.05, 0) is 35.1 Å². The first-order valence-electron chi connectivity index (χ1n) is 10.2. The molecule has 0 bridgehead atoms. The van der Waals surface area contributed by atoms with Gasteiger partial charge in [0.2, 0.25) is 5.43 Å². The third-order valence-corrected chi connectivity index (χ3v) is 7.00. The number of benzene rings is 2. The molecule has 0 atom stereocenters. The number of carbonyl (C=O) groups excluding carboxylic acids is 1. The predicted octanol–water partition coefficient (Wildman–Crippen LogP) is 2.21. The van der Waals surface area contributed by atoms with Crippen molar-refractivity contribution in [1.82, 2.24) is 9.58 Å². The monoisotopic (exact) mass is 399 g/mol. The minimum absolute atomic E-state index is 0.0261. The van der Waals surface area contributed by atoms with Crippen molar-refractivity contribution in [3.8, 4) is 5.75 Å². The molecule has 0 radical (unpaired) electrons. The minimum Gasteiger partial charge on any atom is -0.502 e. The second-order valence-corrected chi connectivity index (χ2v) is 8.45. The van der Waals surface area contributed by atoms with E-state index in [1.165, 1.54) is 28.3 Å². The van der Waals surface area contributed by atoms with Crippen molar-refractivity contribution in [3.63, 3.8) is 0 Å². The van der Waals surface area contributed by atoms with Gasteiger partial charge < -0.3 is 10.0 Å². The zero-order valence-corrected chi connectivity index (χ0v) is 16.6. The number of aromatic hydroxyl groups is 1. The number of nitrogens with zero attached hydrogens (tertiary/aromatic N) is 3. The smallest absolute Gasteiger partial charge is 0.277 e. The maximum absolute atomic E-state index is 12.9. The van der Waals surface area contributed by atoms with E-state index in [4.69, 9.17) is 0 Å². The van der Waals surface area contributed by atoms with Gasteiger partial charge in [0, 0.05) is 25.2 Å². The van der Waals surface area contributed by atoms with Crippen LogP contribution in [-0.4, -0.2) is 34.3 Å². The number of hydrogen-bond acceptors (Lipinski definition) is 4. The van der Waals surface area contributed by atoms with Crippen molar-refractivity contribution in [3.05, 3.63) is 99.0 Å². The Labute approximate surface area is 173 Å². The second-order valence-electron chi connectivity index (χ2n) is 8.45. The fourth-order valence-corrected chi connectivity index (χ4v) is 5.83. The second kappa shape index (κ2) is 5.75. The summed E-state index contributed by atoms with van der Waals surface area (Å²) in [5.41, 5.74) is 4.08. The average molecular weight is 399 g/mol. The van der Waals surface area contributed by atoms with E-state index in [-0.39, 0.29) is 11.6 Å². The molecule has 1 aliphatic heterocycles. The van der Waals surface area contributed by atoms with Gasteiger partial charge in [-0.25, -0.2) is 0 Å². The molecule has 3 aromatic rings. The lowest BCUT2D eigenvalue weighted by atomic mass is 9.81. The quantitative estimate of drug-likeness (QED) is 0.681. The highest BCUT2D eigenvalue weighted by Gasteiger charge is 2.58. The van der Waals surface area contributed by atoms with Crippen LogP contribution in [0.3, 0.4) is 0 Å². The molecule has 6 rings (SSSR count). The molecule has 1 aromatic heterocycles. The molecule has 30 heavy (non-hydrogen) atoms. The Hall–Kier alpha value is -3.54. The number of amides is 1. The summed E-state index contributed by atoms with van der Waals surface area (Å²) in [6.45, 7) is 0.354. The number of pyridine rings is 1. The van der Waals surface area contributed by atoms with Crippen LogP contribution in [0.5, 0.6) is 5.75 Å². The Bertz CT molecular complexity index is 1230. The van der Waals surface area contributed by atoms with E-state index in [0.29, 0.717) is 12.6 Å². The molecule has 0 fully saturated rings. The summed E-state index contributed by atoms with van der Waals surface area (Å²) in [6.07, 6.45) is 3.51. The first-order chi connectivity index (χ1) is 14.5. The summed E-state index contributed by atoms with van der Waals surface area (Å²) < 4.78 is 1.70. The molecule has 6 heteroatoms. The van der Waals surface area contributed by atoms with Crippen LogP contribution in [0.4, 0.5) is 0 Å². The highest BCUT2D eigenvalue weighted by molar-refractivity contribution is 5.96. The third-order valence-electron chi connectivity index (χ3n) is 7.00. The van der Waals surface area contributed by atoms with E-state index in [0.717, 1.165) is 12.8 Å². The fourth-order valence-electron chi connectivity index (χ4n) is 5.83. The first-order valence-corrected chi connectivity index (χ1v) is 10.2. The number of hydrogen-bond donors (Lipinski definition) is 1. The van der Waals surface area contributed by atoms with Crippen molar-refractivity contribution < 1.29 is 9.90 Å². The summed E-state index contributed by atoms with van der Waals surface area (Å²) in [6, 6.07) is 18.3. The average Bonchev–Trinajstić information content (AvgIpc) is 3.24. The van der Waals surface area contributed by atoms with Gasteiger partial charge in [0.15, 0.2) is 11.4 Å². The SMILES string of the molecule is CN1CN(C23c4ccccc4CC2Cc2ccccc23)n2ccc(=O)c(O)c2C1=O. The van der Waals surface area contributed by atoms with Gasteiger partial charge >= 0.3 is 0 Å². The highest BCUT2D eigenvalue weighted by atomic mass is 16.3. The summed E-state index contributed by atoms with van der Waals surface area (Å²) in [5.74, 6) is -0.556.